The van der Waals surface area contributed by atoms with E-state index in [1.807, 2.05) is 6.07 Å². The van der Waals surface area contributed by atoms with Gasteiger partial charge in [0.15, 0.2) is 0 Å². The molecular formula is C17H19F2N7. The Morgan fingerprint density at radius 2 is 2.04 bits per heavy atom. The highest BCUT2D eigenvalue weighted by molar-refractivity contribution is 5.78. The molecule has 26 heavy (non-hydrogen) atoms. The van der Waals surface area contributed by atoms with Crippen LogP contribution in [0.2, 0.25) is 0 Å². The minimum Gasteiger partial charge on any atom is -0.335 e. The highest BCUT2D eigenvalue weighted by atomic mass is 19.3. The number of alkyl halides is 2. The number of fused-ring (bicyclic) bond motifs is 1. The van der Waals surface area contributed by atoms with Crippen LogP contribution in [0, 0.1) is 0 Å². The van der Waals surface area contributed by atoms with E-state index in [1.54, 1.807) is 24.8 Å². The van der Waals surface area contributed by atoms with Crippen LogP contribution < -0.4 is 10.2 Å². The summed E-state index contributed by atoms with van der Waals surface area (Å²) in [5.74, 6) is -1.28. The van der Waals surface area contributed by atoms with Gasteiger partial charge in [-0.25, -0.2) is 23.7 Å². The lowest BCUT2D eigenvalue weighted by molar-refractivity contribution is 0.0256. The minimum atomic E-state index is -2.69. The quantitative estimate of drug-likeness (QED) is 0.770. The summed E-state index contributed by atoms with van der Waals surface area (Å²) in [5.41, 5.74) is 1.78. The fourth-order valence-corrected chi connectivity index (χ4v) is 3.02. The number of anilines is 3. The first-order valence-corrected chi connectivity index (χ1v) is 8.47. The Kier molecular flexibility index (Phi) is 3.93. The molecule has 0 radical (unpaired) electrons. The van der Waals surface area contributed by atoms with Crippen LogP contribution in [0.5, 0.6) is 0 Å². The van der Waals surface area contributed by atoms with E-state index in [0.29, 0.717) is 17.6 Å². The van der Waals surface area contributed by atoms with E-state index in [2.05, 4.69) is 43.7 Å². The van der Waals surface area contributed by atoms with Gasteiger partial charge in [0.05, 0.1) is 24.6 Å². The van der Waals surface area contributed by atoms with Gasteiger partial charge in [-0.3, -0.25) is 0 Å². The smallest absolute Gasteiger partial charge is 0.267 e. The van der Waals surface area contributed by atoms with Crippen molar-refractivity contribution in [3.63, 3.8) is 0 Å². The molecular weight excluding hydrogens is 340 g/mol. The summed E-state index contributed by atoms with van der Waals surface area (Å²) in [6, 6.07) is 3.86. The number of hydrogen-bond acceptors (Lipinski definition) is 6. The Balaban J connectivity index is 1.58. The van der Waals surface area contributed by atoms with Crippen LogP contribution in [0.3, 0.4) is 0 Å². The first-order valence-electron chi connectivity index (χ1n) is 8.47. The minimum absolute atomic E-state index is 0.175. The van der Waals surface area contributed by atoms with Gasteiger partial charge in [0, 0.05) is 31.3 Å². The number of nitrogens with one attached hydrogen (secondary N) is 1. The van der Waals surface area contributed by atoms with Gasteiger partial charge in [0.2, 0.25) is 5.95 Å². The van der Waals surface area contributed by atoms with E-state index >= 15 is 0 Å². The van der Waals surface area contributed by atoms with Crippen molar-refractivity contribution in [2.75, 3.05) is 23.3 Å². The van der Waals surface area contributed by atoms with Crippen LogP contribution in [0.25, 0.3) is 11.0 Å². The summed E-state index contributed by atoms with van der Waals surface area (Å²) in [7, 11) is 0. The van der Waals surface area contributed by atoms with Crippen molar-refractivity contribution >= 4 is 28.6 Å². The Labute approximate surface area is 149 Å². The normalized spacial score (nSPS) is 16.6. The Bertz CT molecular complexity index is 938. The Hall–Kier alpha value is -2.84. The molecule has 1 saturated heterocycles. The zero-order valence-electron chi connectivity index (χ0n) is 14.5. The van der Waals surface area contributed by atoms with Crippen LogP contribution in [0.1, 0.15) is 26.3 Å². The average Bonchev–Trinajstić information content (AvgIpc) is 3.18. The standard InChI is InChI=1S/C17H19F2N7/c1-11(2)26-10-22-12-8-21-15(7-13(12)26)23-14-3-5-20-16(24-14)25-6-4-17(18,19)9-25/h3,5,7-8,10-11H,4,6,9H2,1-2H3,(H,20,21,23,24). The van der Waals surface area contributed by atoms with Crippen LogP contribution in [-0.2, 0) is 0 Å². The van der Waals surface area contributed by atoms with Gasteiger partial charge in [0.1, 0.15) is 17.2 Å². The lowest BCUT2D eigenvalue weighted by Gasteiger charge is -2.16. The highest BCUT2D eigenvalue weighted by Gasteiger charge is 2.39. The molecule has 3 aromatic rings. The van der Waals surface area contributed by atoms with Crippen molar-refractivity contribution in [3.8, 4) is 0 Å². The lowest BCUT2D eigenvalue weighted by atomic mass is 10.3. The van der Waals surface area contributed by atoms with Gasteiger partial charge in [-0.05, 0) is 19.9 Å². The molecule has 4 rings (SSSR count). The van der Waals surface area contributed by atoms with Crippen molar-refractivity contribution in [2.45, 2.75) is 32.2 Å². The number of rotatable bonds is 4. The van der Waals surface area contributed by atoms with Crippen molar-refractivity contribution in [1.29, 1.82) is 0 Å². The highest BCUT2D eigenvalue weighted by Crippen LogP contribution is 2.29. The first-order chi connectivity index (χ1) is 12.4. The Morgan fingerprint density at radius 1 is 1.19 bits per heavy atom. The molecule has 0 bridgehead atoms. The lowest BCUT2D eigenvalue weighted by Crippen LogP contribution is -2.26. The maximum atomic E-state index is 13.4. The van der Waals surface area contributed by atoms with E-state index < -0.39 is 5.92 Å². The molecule has 1 aliphatic rings. The number of aromatic nitrogens is 5. The molecule has 0 unspecified atom stereocenters. The molecule has 0 aliphatic carbocycles. The molecule has 0 aromatic carbocycles. The average molecular weight is 359 g/mol. The van der Waals surface area contributed by atoms with Crippen LogP contribution in [0.4, 0.5) is 26.4 Å². The summed E-state index contributed by atoms with van der Waals surface area (Å²) in [5, 5.41) is 3.12. The molecule has 0 atom stereocenters. The second-order valence-corrected chi connectivity index (χ2v) is 6.70. The second-order valence-electron chi connectivity index (χ2n) is 6.70. The summed E-state index contributed by atoms with van der Waals surface area (Å²) in [4.78, 5) is 18.6. The fraction of sp³-hybridized carbons (Fsp3) is 0.412. The zero-order valence-corrected chi connectivity index (χ0v) is 14.5. The Morgan fingerprint density at radius 3 is 2.77 bits per heavy atom. The molecule has 136 valence electrons. The van der Waals surface area contributed by atoms with Gasteiger partial charge < -0.3 is 14.8 Å². The van der Waals surface area contributed by atoms with Crippen molar-refractivity contribution in [1.82, 2.24) is 24.5 Å². The number of hydrogen-bond donors (Lipinski definition) is 1. The molecule has 1 aliphatic heterocycles. The molecule has 1 N–H and O–H groups in total. The van der Waals surface area contributed by atoms with Gasteiger partial charge >= 0.3 is 0 Å². The third-order valence-corrected chi connectivity index (χ3v) is 4.37. The largest absolute Gasteiger partial charge is 0.335 e. The van der Waals surface area contributed by atoms with Crippen LogP contribution >= 0.6 is 0 Å². The van der Waals surface area contributed by atoms with E-state index in [9.17, 15) is 8.78 Å². The summed E-state index contributed by atoms with van der Waals surface area (Å²) in [6.07, 6.45) is 4.86. The second kappa shape index (κ2) is 6.15. The third kappa shape index (κ3) is 3.16. The van der Waals surface area contributed by atoms with Gasteiger partial charge in [0.25, 0.3) is 5.92 Å². The van der Waals surface area contributed by atoms with Gasteiger partial charge in [-0.1, -0.05) is 0 Å². The topological polar surface area (TPSA) is 71.8 Å². The maximum absolute atomic E-state index is 13.4. The van der Waals surface area contributed by atoms with Crippen LogP contribution in [0.15, 0.2) is 30.9 Å². The molecule has 0 saturated carbocycles. The monoisotopic (exact) mass is 359 g/mol. The van der Waals surface area contributed by atoms with Crippen molar-refractivity contribution in [2.24, 2.45) is 0 Å². The molecule has 7 nitrogen and oxygen atoms in total. The molecule has 0 spiro atoms. The third-order valence-electron chi connectivity index (χ3n) is 4.37. The van der Waals surface area contributed by atoms with E-state index in [0.717, 1.165) is 11.0 Å². The van der Waals surface area contributed by atoms with Crippen molar-refractivity contribution in [3.05, 3.63) is 30.9 Å². The van der Waals surface area contributed by atoms with Crippen molar-refractivity contribution < 1.29 is 8.78 Å². The van der Waals surface area contributed by atoms with E-state index in [1.165, 1.54) is 4.90 Å². The predicted octanol–water partition coefficient (Wildman–Crippen LogP) is 3.39. The zero-order chi connectivity index (χ0) is 18.3. The number of halogens is 2. The molecule has 0 amide bonds. The molecule has 1 fully saturated rings. The van der Waals surface area contributed by atoms with Gasteiger partial charge in [-0.15, -0.1) is 0 Å². The molecule has 9 heteroatoms. The molecule has 4 heterocycles. The summed E-state index contributed by atoms with van der Waals surface area (Å²) >= 11 is 0. The van der Waals surface area contributed by atoms with E-state index in [-0.39, 0.29) is 25.6 Å². The first kappa shape index (κ1) is 16.6. The summed E-state index contributed by atoms with van der Waals surface area (Å²) < 4.78 is 28.9. The fourth-order valence-electron chi connectivity index (χ4n) is 3.02. The van der Waals surface area contributed by atoms with E-state index in [4.69, 9.17) is 0 Å². The summed E-state index contributed by atoms with van der Waals surface area (Å²) in [6.45, 7) is 4.05. The SMILES string of the molecule is CC(C)n1cnc2cnc(Nc3ccnc(N4CCC(F)(F)C4)n3)cc21. The number of imidazole rings is 1. The van der Waals surface area contributed by atoms with Gasteiger partial charge in [-0.2, -0.15) is 4.98 Å². The molecule has 3 aromatic heterocycles. The maximum Gasteiger partial charge on any atom is 0.267 e. The predicted molar refractivity (Wildman–Crippen MR) is 95.0 cm³/mol. The van der Waals surface area contributed by atoms with Crippen LogP contribution in [-0.4, -0.2) is 43.5 Å². The number of nitrogens with zero attached hydrogens (tertiary/aromatic N) is 6. The number of pyridine rings is 1.